The minimum atomic E-state index is -0.0550. The summed E-state index contributed by atoms with van der Waals surface area (Å²) in [5, 5.41) is 0. The van der Waals surface area contributed by atoms with Crippen LogP contribution in [-0.2, 0) is 4.79 Å². The minimum absolute atomic E-state index is 0.0550. The molecule has 0 spiro atoms. The first-order valence-corrected chi connectivity index (χ1v) is 11.4. The Balaban J connectivity index is 1.57. The molecule has 2 aromatic rings. The predicted molar refractivity (Wildman–Crippen MR) is 130 cm³/mol. The van der Waals surface area contributed by atoms with E-state index in [4.69, 9.17) is 26.4 Å². The van der Waals surface area contributed by atoms with E-state index in [-0.39, 0.29) is 5.91 Å². The number of nitrogens with zero attached hydrogens (tertiary/aromatic N) is 1. The molecule has 0 unspecified atom stereocenters. The van der Waals surface area contributed by atoms with Gasteiger partial charge in [0.15, 0.2) is 11.5 Å². The van der Waals surface area contributed by atoms with Gasteiger partial charge in [-0.3, -0.25) is 9.69 Å². The van der Waals surface area contributed by atoms with Gasteiger partial charge in [-0.15, -0.1) is 0 Å². The molecule has 1 heterocycles. The van der Waals surface area contributed by atoms with Gasteiger partial charge in [-0.2, -0.15) is 0 Å². The van der Waals surface area contributed by atoms with E-state index in [0.717, 1.165) is 23.3 Å². The molecule has 3 rings (SSSR count). The van der Waals surface area contributed by atoms with E-state index in [1.165, 1.54) is 17.3 Å². The van der Waals surface area contributed by atoms with Crippen molar-refractivity contribution in [2.24, 2.45) is 0 Å². The highest BCUT2D eigenvalue weighted by molar-refractivity contribution is 8.26. The van der Waals surface area contributed by atoms with Crippen molar-refractivity contribution in [2.75, 3.05) is 26.9 Å². The van der Waals surface area contributed by atoms with Gasteiger partial charge in [0, 0.05) is 13.0 Å². The number of benzene rings is 2. The van der Waals surface area contributed by atoms with Crippen LogP contribution in [0, 0.1) is 13.8 Å². The van der Waals surface area contributed by atoms with Crippen molar-refractivity contribution >= 4 is 40.3 Å². The van der Waals surface area contributed by atoms with E-state index >= 15 is 0 Å². The number of methoxy groups -OCH3 is 1. The van der Waals surface area contributed by atoms with Gasteiger partial charge in [-0.1, -0.05) is 42.2 Å². The number of hydrogen-bond donors (Lipinski definition) is 0. The average Bonchev–Trinajstić information content (AvgIpc) is 3.03. The van der Waals surface area contributed by atoms with E-state index in [9.17, 15) is 4.79 Å². The molecule has 0 aromatic heterocycles. The molecule has 5 nitrogen and oxygen atoms in total. The summed E-state index contributed by atoms with van der Waals surface area (Å²) in [4.78, 5) is 14.6. The summed E-state index contributed by atoms with van der Waals surface area (Å²) in [5.41, 5.74) is 3.16. The zero-order valence-corrected chi connectivity index (χ0v) is 19.9. The number of thioether (sulfide) groups is 1. The lowest BCUT2D eigenvalue weighted by Crippen LogP contribution is -2.27. The maximum absolute atomic E-state index is 12.4. The van der Waals surface area contributed by atoms with Crippen molar-refractivity contribution in [3.05, 3.63) is 58.0 Å². The summed E-state index contributed by atoms with van der Waals surface area (Å²) >= 11 is 6.59. The first kappa shape index (κ1) is 23.2. The molecule has 31 heavy (non-hydrogen) atoms. The van der Waals surface area contributed by atoms with Crippen LogP contribution in [0.1, 0.15) is 30.0 Å². The van der Waals surface area contributed by atoms with Crippen molar-refractivity contribution in [3.8, 4) is 17.2 Å². The van der Waals surface area contributed by atoms with Gasteiger partial charge in [0.25, 0.3) is 5.91 Å². The van der Waals surface area contributed by atoms with Gasteiger partial charge in [-0.25, -0.2) is 0 Å². The Labute approximate surface area is 193 Å². The lowest BCUT2D eigenvalue weighted by Gasteiger charge is -2.13. The highest BCUT2D eigenvalue weighted by Crippen LogP contribution is 2.34. The van der Waals surface area contributed by atoms with Gasteiger partial charge < -0.3 is 14.2 Å². The molecule has 0 bridgehead atoms. The SMILES string of the molecule is CCN1C(=O)/C(=C\c2ccc(OCCCOc3cc(C)ccc3C)c(OC)c2)SC1=S. The third-order valence-electron chi connectivity index (χ3n) is 4.82. The quantitative estimate of drug-likeness (QED) is 0.286. The number of amides is 1. The fourth-order valence-corrected chi connectivity index (χ4v) is 4.49. The van der Waals surface area contributed by atoms with Crippen molar-refractivity contribution in [3.63, 3.8) is 0 Å². The molecule has 1 aliphatic rings. The van der Waals surface area contributed by atoms with Crippen molar-refractivity contribution < 1.29 is 19.0 Å². The summed E-state index contributed by atoms with van der Waals surface area (Å²) in [7, 11) is 1.60. The zero-order valence-electron chi connectivity index (χ0n) is 18.3. The normalized spacial score (nSPS) is 15.0. The summed E-state index contributed by atoms with van der Waals surface area (Å²) in [6, 6.07) is 11.8. The molecule has 0 radical (unpaired) electrons. The third-order valence-corrected chi connectivity index (χ3v) is 6.20. The Hall–Kier alpha value is -2.51. The summed E-state index contributed by atoms with van der Waals surface area (Å²) in [6.07, 6.45) is 2.58. The number of likely N-dealkylation sites (N-methyl/N-ethyl adjacent to an activating group) is 1. The standard InChI is InChI=1S/C24H27NO4S2/c1-5-25-23(26)22(31-24(25)30)15-18-9-10-19(21(14-18)27-4)28-11-6-12-29-20-13-16(2)7-8-17(20)3/h7-10,13-15H,5-6,11-12H2,1-4H3/b22-15+. The van der Waals surface area contributed by atoms with E-state index in [2.05, 4.69) is 19.1 Å². The van der Waals surface area contributed by atoms with E-state index in [0.29, 0.717) is 40.5 Å². The van der Waals surface area contributed by atoms with Gasteiger partial charge in [-0.05, 0) is 61.7 Å². The summed E-state index contributed by atoms with van der Waals surface area (Å²) in [6.45, 7) is 7.66. The average molecular weight is 458 g/mol. The maximum atomic E-state index is 12.4. The van der Waals surface area contributed by atoms with Crippen molar-refractivity contribution in [1.29, 1.82) is 0 Å². The smallest absolute Gasteiger partial charge is 0.266 e. The molecule has 1 aliphatic heterocycles. The molecule has 0 aliphatic carbocycles. The molecule has 1 fully saturated rings. The van der Waals surface area contributed by atoms with Crippen LogP contribution in [0.2, 0.25) is 0 Å². The Kier molecular flexibility index (Phi) is 7.98. The lowest BCUT2D eigenvalue weighted by molar-refractivity contribution is -0.121. The molecular formula is C24H27NO4S2. The molecule has 1 amide bonds. The molecule has 0 atom stereocenters. The van der Waals surface area contributed by atoms with Crippen LogP contribution in [0.25, 0.3) is 6.08 Å². The number of carbonyl (C=O) groups is 1. The molecular weight excluding hydrogens is 430 g/mol. The van der Waals surface area contributed by atoms with Gasteiger partial charge in [0.1, 0.15) is 10.1 Å². The fraction of sp³-hybridized carbons (Fsp3) is 0.333. The number of hydrogen-bond acceptors (Lipinski definition) is 6. The monoisotopic (exact) mass is 457 g/mol. The number of rotatable bonds is 9. The number of thiocarbonyl (C=S) groups is 1. The zero-order chi connectivity index (χ0) is 22.4. The molecule has 164 valence electrons. The van der Waals surface area contributed by atoms with Crippen LogP contribution < -0.4 is 14.2 Å². The molecule has 1 saturated heterocycles. The van der Waals surface area contributed by atoms with Gasteiger partial charge >= 0.3 is 0 Å². The minimum Gasteiger partial charge on any atom is -0.493 e. The van der Waals surface area contributed by atoms with E-state index < -0.39 is 0 Å². The highest BCUT2D eigenvalue weighted by Gasteiger charge is 2.30. The Morgan fingerprint density at radius 1 is 1.03 bits per heavy atom. The Morgan fingerprint density at radius 3 is 2.45 bits per heavy atom. The Morgan fingerprint density at radius 2 is 1.77 bits per heavy atom. The van der Waals surface area contributed by atoms with Crippen LogP contribution in [0.3, 0.4) is 0 Å². The Bertz CT molecular complexity index is 1000. The highest BCUT2D eigenvalue weighted by atomic mass is 32.2. The van der Waals surface area contributed by atoms with Crippen molar-refractivity contribution in [1.82, 2.24) is 4.90 Å². The predicted octanol–water partition coefficient (Wildman–Crippen LogP) is 5.38. The summed E-state index contributed by atoms with van der Waals surface area (Å²) < 4.78 is 17.8. The van der Waals surface area contributed by atoms with Crippen LogP contribution in [0.5, 0.6) is 17.2 Å². The molecule has 0 saturated carbocycles. The van der Waals surface area contributed by atoms with Crippen LogP contribution in [0.4, 0.5) is 0 Å². The second-order valence-electron chi connectivity index (χ2n) is 7.16. The second kappa shape index (κ2) is 10.7. The maximum Gasteiger partial charge on any atom is 0.266 e. The second-order valence-corrected chi connectivity index (χ2v) is 8.83. The van der Waals surface area contributed by atoms with Gasteiger partial charge in [0.05, 0.1) is 25.2 Å². The largest absolute Gasteiger partial charge is 0.493 e. The number of ether oxygens (including phenoxy) is 3. The lowest BCUT2D eigenvalue weighted by atomic mass is 10.1. The first-order chi connectivity index (χ1) is 14.9. The number of carbonyl (C=O) groups excluding carboxylic acids is 1. The van der Waals surface area contributed by atoms with E-state index in [1.807, 2.05) is 44.2 Å². The van der Waals surface area contributed by atoms with Crippen LogP contribution in [0.15, 0.2) is 41.3 Å². The first-order valence-electron chi connectivity index (χ1n) is 10.2. The summed E-state index contributed by atoms with van der Waals surface area (Å²) in [5.74, 6) is 2.14. The molecule has 0 N–H and O–H groups in total. The van der Waals surface area contributed by atoms with E-state index in [1.54, 1.807) is 12.0 Å². The topological polar surface area (TPSA) is 48.0 Å². The fourth-order valence-electron chi connectivity index (χ4n) is 3.10. The molecule has 2 aromatic carbocycles. The van der Waals surface area contributed by atoms with Crippen LogP contribution in [-0.4, -0.2) is 42.0 Å². The number of aryl methyl sites for hydroxylation is 2. The van der Waals surface area contributed by atoms with Crippen molar-refractivity contribution in [2.45, 2.75) is 27.2 Å². The molecule has 7 heteroatoms. The van der Waals surface area contributed by atoms with Gasteiger partial charge in [0.2, 0.25) is 0 Å². The van der Waals surface area contributed by atoms with Crippen LogP contribution >= 0.6 is 24.0 Å². The third kappa shape index (κ3) is 5.80.